The molecule has 0 aliphatic carbocycles. The van der Waals surface area contributed by atoms with Crippen LogP contribution in [-0.2, 0) is 6.54 Å². The number of pyridine rings is 1. The van der Waals surface area contributed by atoms with E-state index in [1.165, 1.54) is 0 Å². The van der Waals surface area contributed by atoms with Crippen LogP contribution in [0.15, 0.2) is 42.6 Å². The van der Waals surface area contributed by atoms with Crippen LogP contribution in [0.1, 0.15) is 17.3 Å². The number of hydrogen-bond acceptors (Lipinski definition) is 3. The van der Waals surface area contributed by atoms with Gasteiger partial charge in [0, 0.05) is 23.3 Å². The number of anilines is 1. The number of nitrogens with zero attached hydrogens (tertiary/aromatic N) is 4. The van der Waals surface area contributed by atoms with Crippen molar-refractivity contribution in [3.63, 3.8) is 0 Å². The molecule has 3 heterocycles. The number of rotatable bonds is 1. The van der Waals surface area contributed by atoms with Crippen molar-refractivity contribution < 1.29 is 4.79 Å². The molecule has 1 atom stereocenters. The number of carbonyl (C=O) groups is 1. The van der Waals surface area contributed by atoms with Gasteiger partial charge < -0.3 is 0 Å². The zero-order valence-corrected chi connectivity index (χ0v) is 12.7. The lowest BCUT2D eigenvalue weighted by molar-refractivity contribution is 0.0981. The highest BCUT2D eigenvalue weighted by Crippen LogP contribution is 2.30. The maximum absolute atomic E-state index is 12.8. The minimum atomic E-state index is -0.0711. The molecule has 4 rings (SSSR count). The molecular weight excluding hydrogens is 300 g/mol. The summed E-state index contributed by atoms with van der Waals surface area (Å²) >= 11 is 5.89. The van der Waals surface area contributed by atoms with Gasteiger partial charge in [-0.15, -0.1) is 0 Å². The third-order valence-electron chi connectivity index (χ3n) is 3.90. The smallest absolute Gasteiger partial charge is 0.260 e. The van der Waals surface area contributed by atoms with Gasteiger partial charge >= 0.3 is 0 Å². The van der Waals surface area contributed by atoms with Crippen molar-refractivity contribution in [3.05, 3.63) is 53.2 Å². The molecule has 2 aromatic heterocycles. The van der Waals surface area contributed by atoms with Crippen molar-refractivity contribution in [2.24, 2.45) is 0 Å². The fraction of sp³-hybridized carbons (Fsp3) is 0.188. The molecule has 1 unspecified atom stereocenters. The fourth-order valence-corrected chi connectivity index (χ4v) is 2.99. The molecule has 1 aliphatic rings. The number of halogens is 1. The number of benzene rings is 1. The van der Waals surface area contributed by atoms with Crippen LogP contribution in [0, 0.1) is 0 Å². The first-order valence-electron chi connectivity index (χ1n) is 7.05. The van der Waals surface area contributed by atoms with Gasteiger partial charge in [-0.25, -0.2) is 9.97 Å². The quantitative estimate of drug-likeness (QED) is 0.693. The second-order valence-corrected chi connectivity index (χ2v) is 5.84. The Hall–Kier alpha value is -2.40. The first kappa shape index (κ1) is 13.3. The third kappa shape index (κ3) is 1.89. The standard InChI is InChI=1S/C16H13ClN4O/c1-10-9-20-14-13(3-2-8-18-14)19-16(20)21(10)15(22)11-4-6-12(17)7-5-11/h2-8,10H,9H2,1H3. The van der Waals surface area contributed by atoms with Crippen LogP contribution < -0.4 is 4.90 Å². The molecule has 0 fully saturated rings. The van der Waals surface area contributed by atoms with Crippen LogP contribution >= 0.6 is 11.6 Å². The number of aromatic nitrogens is 3. The molecule has 0 spiro atoms. The van der Waals surface area contributed by atoms with Crippen molar-refractivity contribution in [1.82, 2.24) is 14.5 Å². The maximum Gasteiger partial charge on any atom is 0.260 e. The monoisotopic (exact) mass is 312 g/mol. The fourth-order valence-electron chi connectivity index (χ4n) is 2.86. The first-order chi connectivity index (χ1) is 10.6. The minimum Gasteiger partial charge on any atom is -0.292 e. The number of hydrogen-bond donors (Lipinski definition) is 0. The highest BCUT2D eigenvalue weighted by Gasteiger charge is 2.34. The lowest BCUT2D eigenvalue weighted by Crippen LogP contribution is -2.36. The summed E-state index contributed by atoms with van der Waals surface area (Å²) in [7, 11) is 0. The van der Waals surface area contributed by atoms with Crippen LogP contribution in [0.2, 0.25) is 5.02 Å². The highest BCUT2D eigenvalue weighted by molar-refractivity contribution is 6.30. The topological polar surface area (TPSA) is 51.0 Å². The van der Waals surface area contributed by atoms with Crippen molar-refractivity contribution in [1.29, 1.82) is 0 Å². The summed E-state index contributed by atoms with van der Waals surface area (Å²) in [5.74, 6) is 0.583. The van der Waals surface area contributed by atoms with Crippen molar-refractivity contribution in [2.45, 2.75) is 19.5 Å². The van der Waals surface area contributed by atoms with Crippen LogP contribution in [0.4, 0.5) is 5.95 Å². The second kappa shape index (κ2) is 4.81. The molecule has 3 aromatic rings. The molecule has 6 heteroatoms. The Bertz CT molecular complexity index is 871. The van der Waals surface area contributed by atoms with E-state index in [1.54, 1.807) is 35.4 Å². The van der Waals surface area contributed by atoms with Crippen LogP contribution in [0.25, 0.3) is 11.2 Å². The molecule has 0 radical (unpaired) electrons. The van der Waals surface area contributed by atoms with Gasteiger partial charge in [0.1, 0.15) is 5.52 Å². The zero-order chi connectivity index (χ0) is 15.3. The maximum atomic E-state index is 12.8. The molecule has 0 N–H and O–H groups in total. The first-order valence-corrected chi connectivity index (χ1v) is 7.43. The Balaban J connectivity index is 1.80. The molecule has 1 aliphatic heterocycles. The molecule has 0 saturated carbocycles. The van der Waals surface area contributed by atoms with Gasteiger partial charge in [0.05, 0.1) is 6.04 Å². The zero-order valence-electron chi connectivity index (χ0n) is 11.9. The van der Waals surface area contributed by atoms with Crippen molar-refractivity contribution in [2.75, 3.05) is 4.90 Å². The van der Waals surface area contributed by atoms with Crippen LogP contribution in [0.5, 0.6) is 0 Å². The number of carbonyl (C=O) groups excluding carboxylic acids is 1. The molecule has 0 bridgehead atoms. The van der Waals surface area contributed by atoms with E-state index < -0.39 is 0 Å². The molecule has 5 nitrogen and oxygen atoms in total. The van der Waals surface area contributed by atoms with Gasteiger partial charge in [-0.3, -0.25) is 14.3 Å². The van der Waals surface area contributed by atoms with Crippen molar-refractivity contribution >= 4 is 34.6 Å². The molecule has 22 heavy (non-hydrogen) atoms. The summed E-state index contributed by atoms with van der Waals surface area (Å²) in [5, 5.41) is 0.613. The summed E-state index contributed by atoms with van der Waals surface area (Å²) in [6.45, 7) is 2.71. The number of amides is 1. The van der Waals surface area contributed by atoms with Gasteiger partial charge in [-0.2, -0.15) is 0 Å². The van der Waals surface area contributed by atoms with E-state index in [1.807, 2.05) is 23.6 Å². The van der Waals surface area contributed by atoms with E-state index in [2.05, 4.69) is 9.97 Å². The number of fused-ring (bicyclic) bond motifs is 3. The SMILES string of the molecule is CC1Cn2c(nc3cccnc32)N1C(=O)c1ccc(Cl)cc1. The summed E-state index contributed by atoms with van der Waals surface area (Å²) in [6.07, 6.45) is 1.74. The van der Waals surface area contributed by atoms with Gasteiger partial charge in [0.2, 0.25) is 5.95 Å². The average Bonchev–Trinajstić information content (AvgIpc) is 3.02. The van der Waals surface area contributed by atoms with E-state index in [4.69, 9.17) is 11.6 Å². The predicted molar refractivity (Wildman–Crippen MR) is 85.3 cm³/mol. The Morgan fingerprint density at radius 1 is 1.27 bits per heavy atom. The second-order valence-electron chi connectivity index (χ2n) is 5.40. The van der Waals surface area contributed by atoms with E-state index in [-0.39, 0.29) is 11.9 Å². The predicted octanol–water partition coefficient (Wildman–Crippen LogP) is 3.13. The Kier molecular flexibility index (Phi) is 2.90. The minimum absolute atomic E-state index is 0.0390. The Morgan fingerprint density at radius 3 is 2.82 bits per heavy atom. The van der Waals surface area contributed by atoms with Gasteiger partial charge in [0.25, 0.3) is 5.91 Å². The molecule has 1 aromatic carbocycles. The van der Waals surface area contributed by atoms with E-state index in [0.29, 0.717) is 23.1 Å². The average molecular weight is 313 g/mol. The van der Waals surface area contributed by atoms with E-state index in [9.17, 15) is 4.79 Å². The largest absolute Gasteiger partial charge is 0.292 e. The van der Waals surface area contributed by atoms with Gasteiger partial charge in [0.15, 0.2) is 5.65 Å². The van der Waals surface area contributed by atoms with Gasteiger partial charge in [-0.1, -0.05) is 11.6 Å². The summed E-state index contributed by atoms with van der Waals surface area (Å²) in [6, 6.07) is 10.7. The molecule has 1 amide bonds. The molecule has 0 saturated heterocycles. The Morgan fingerprint density at radius 2 is 2.05 bits per heavy atom. The summed E-state index contributed by atoms with van der Waals surface area (Å²) in [4.78, 5) is 23.5. The Labute approximate surface area is 132 Å². The lowest BCUT2D eigenvalue weighted by Gasteiger charge is -2.19. The van der Waals surface area contributed by atoms with Crippen LogP contribution in [-0.4, -0.2) is 26.5 Å². The van der Waals surface area contributed by atoms with Crippen molar-refractivity contribution in [3.8, 4) is 0 Å². The summed E-state index contributed by atoms with van der Waals surface area (Å²) < 4.78 is 1.99. The van der Waals surface area contributed by atoms with Crippen LogP contribution in [0.3, 0.4) is 0 Å². The third-order valence-corrected chi connectivity index (χ3v) is 4.15. The summed E-state index contributed by atoms with van der Waals surface area (Å²) in [5.41, 5.74) is 2.22. The highest BCUT2D eigenvalue weighted by atomic mass is 35.5. The van der Waals surface area contributed by atoms with Gasteiger partial charge in [-0.05, 0) is 43.3 Å². The lowest BCUT2D eigenvalue weighted by atomic mass is 10.2. The number of imidazole rings is 1. The normalized spacial score (nSPS) is 17.0. The molecule has 110 valence electrons. The molecular formula is C16H13ClN4O. The van der Waals surface area contributed by atoms with E-state index in [0.717, 1.165) is 11.2 Å². The van der Waals surface area contributed by atoms with E-state index >= 15 is 0 Å².